The third-order valence-electron chi connectivity index (χ3n) is 2.40. The fourth-order valence-electron chi connectivity index (χ4n) is 1.35. The first-order valence-electron chi connectivity index (χ1n) is 4.71. The maximum atomic E-state index is 10.8. The number of hydrogen-bond acceptors (Lipinski definition) is 2. The van der Waals surface area contributed by atoms with Crippen molar-refractivity contribution in [2.45, 2.75) is 26.2 Å². The number of phenolic OH excluding ortho intramolecular Hbond substituents is 1. The number of carbonyl (C=O) groups is 1. The highest BCUT2D eigenvalue weighted by atomic mass is 79.9. The first-order valence-corrected chi connectivity index (χ1v) is 5.50. The van der Waals surface area contributed by atoms with Crippen molar-refractivity contribution < 1.29 is 15.0 Å². The van der Waals surface area contributed by atoms with Crippen LogP contribution in [-0.2, 0) is 11.2 Å². The van der Waals surface area contributed by atoms with Gasteiger partial charge in [-0.15, -0.1) is 0 Å². The van der Waals surface area contributed by atoms with Gasteiger partial charge in [-0.1, -0.05) is 13.0 Å². The number of carboxylic acids is 1. The van der Waals surface area contributed by atoms with Crippen LogP contribution in [0.25, 0.3) is 0 Å². The summed E-state index contributed by atoms with van der Waals surface area (Å²) >= 11 is 3.21. The van der Waals surface area contributed by atoms with Crippen LogP contribution >= 0.6 is 15.9 Å². The van der Waals surface area contributed by atoms with Gasteiger partial charge in [0, 0.05) is 5.56 Å². The smallest absolute Gasteiger partial charge is 0.310 e. The lowest BCUT2D eigenvalue weighted by Gasteiger charge is -2.12. The molecule has 1 rings (SSSR count). The second-order valence-corrected chi connectivity index (χ2v) is 4.28. The zero-order chi connectivity index (χ0) is 11.6. The van der Waals surface area contributed by atoms with Crippen molar-refractivity contribution in [3.63, 3.8) is 0 Å². The number of phenols is 1. The molecule has 0 heterocycles. The molecule has 0 spiro atoms. The molecular formula is C11H13BrO3. The average Bonchev–Trinajstić information content (AvgIpc) is 2.20. The molecule has 1 aromatic rings. The van der Waals surface area contributed by atoms with E-state index in [1.807, 2.05) is 6.92 Å². The summed E-state index contributed by atoms with van der Waals surface area (Å²) in [6, 6.07) is 3.53. The van der Waals surface area contributed by atoms with Gasteiger partial charge in [0.2, 0.25) is 0 Å². The van der Waals surface area contributed by atoms with Gasteiger partial charge in [0.15, 0.2) is 0 Å². The molecule has 1 atom stereocenters. The van der Waals surface area contributed by atoms with Crippen LogP contribution in [0.1, 0.15) is 30.9 Å². The normalized spacial score (nSPS) is 12.5. The van der Waals surface area contributed by atoms with Crippen LogP contribution < -0.4 is 0 Å². The van der Waals surface area contributed by atoms with Crippen LogP contribution in [0, 0.1) is 0 Å². The van der Waals surface area contributed by atoms with Crippen LogP contribution in [0.2, 0.25) is 0 Å². The summed E-state index contributed by atoms with van der Waals surface area (Å²) in [5.74, 6) is -1.62. The Morgan fingerprint density at radius 1 is 1.53 bits per heavy atom. The SMILES string of the molecule is CCc1cc(Br)c(O)c(C(C)C(=O)O)c1. The predicted octanol–water partition coefficient (Wildman–Crippen LogP) is 2.91. The third kappa shape index (κ3) is 2.50. The fourth-order valence-corrected chi connectivity index (χ4v) is 1.87. The largest absolute Gasteiger partial charge is 0.506 e. The first-order chi connectivity index (χ1) is 6.97. The van der Waals surface area contributed by atoms with Gasteiger partial charge in [0.25, 0.3) is 0 Å². The van der Waals surface area contributed by atoms with Crippen molar-refractivity contribution in [1.29, 1.82) is 0 Å². The van der Waals surface area contributed by atoms with E-state index in [9.17, 15) is 9.90 Å². The van der Waals surface area contributed by atoms with Gasteiger partial charge in [0.1, 0.15) is 5.75 Å². The molecule has 0 fully saturated rings. The van der Waals surface area contributed by atoms with Crippen LogP contribution in [0.4, 0.5) is 0 Å². The molecule has 1 aromatic carbocycles. The fraction of sp³-hybridized carbons (Fsp3) is 0.364. The summed E-state index contributed by atoms with van der Waals surface area (Å²) < 4.78 is 0.546. The standard InChI is InChI=1S/C11H13BrO3/c1-3-7-4-8(6(2)11(14)15)10(13)9(12)5-7/h4-6,13H,3H2,1-2H3,(H,14,15). The van der Waals surface area contributed by atoms with Crippen molar-refractivity contribution in [1.82, 2.24) is 0 Å². The van der Waals surface area contributed by atoms with Gasteiger partial charge < -0.3 is 10.2 Å². The monoisotopic (exact) mass is 272 g/mol. The van der Waals surface area contributed by atoms with Gasteiger partial charge in [-0.2, -0.15) is 0 Å². The minimum absolute atomic E-state index is 0.0158. The summed E-state index contributed by atoms with van der Waals surface area (Å²) in [6.45, 7) is 3.54. The lowest BCUT2D eigenvalue weighted by atomic mass is 9.97. The van der Waals surface area contributed by atoms with Gasteiger partial charge in [-0.25, -0.2) is 0 Å². The molecule has 0 saturated carbocycles. The Morgan fingerprint density at radius 2 is 2.13 bits per heavy atom. The topological polar surface area (TPSA) is 57.5 Å². The van der Waals surface area contributed by atoms with Gasteiger partial charge in [0.05, 0.1) is 10.4 Å². The van der Waals surface area contributed by atoms with Gasteiger partial charge >= 0.3 is 5.97 Å². The lowest BCUT2D eigenvalue weighted by molar-refractivity contribution is -0.138. The molecular weight excluding hydrogens is 260 g/mol. The average molecular weight is 273 g/mol. The number of aromatic hydroxyl groups is 1. The summed E-state index contributed by atoms with van der Waals surface area (Å²) in [4.78, 5) is 10.8. The summed E-state index contributed by atoms with van der Waals surface area (Å²) in [6.07, 6.45) is 0.804. The minimum Gasteiger partial charge on any atom is -0.506 e. The first kappa shape index (κ1) is 12.0. The summed E-state index contributed by atoms with van der Waals surface area (Å²) in [5, 5.41) is 18.6. The Labute approximate surface area is 96.9 Å². The van der Waals surface area contributed by atoms with E-state index in [0.29, 0.717) is 10.0 Å². The molecule has 0 aliphatic heterocycles. The molecule has 0 aliphatic rings. The van der Waals surface area contributed by atoms with Crippen molar-refractivity contribution in [2.24, 2.45) is 0 Å². The second-order valence-electron chi connectivity index (χ2n) is 3.43. The number of benzene rings is 1. The number of hydrogen-bond donors (Lipinski definition) is 2. The Hall–Kier alpha value is -1.03. The Kier molecular flexibility index (Phi) is 3.74. The van der Waals surface area contributed by atoms with Gasteiger partial charge in [-0.3, -0.25) is 4.79 Å². The van der Waals surface area contributed by atoms with Crippen molar-refractivity contribution in [3.05, 3.63) is 27.7 Å². The minimum atomic E-state index is -0.939. The van der Waals surface area contributed by atoms with Crippen LogP contribution in [0.3, 0.4) is 0 Å². The highest BCUT2D eigenvalue weighted by Crippen LogP contribution is 2.34. The molecule has 0 aromatic heterocycles. The molecule has 0 saturated heterocycles. The number of aryl methyl sites for hydroxylation is 1. The van der Waals surface area contributed by atoms with E-state index in [2.05, 4.69) is 15.9 Å². The molecule has 0 amide bonds. The van der Waals surface area contributed by atoms with E-state index >= 15 is 0 Å². The molecule has 0 bridgehead atoms. The molecule has 2 N–H and O–H groups in total. The van der Waals surface area contributed by atoms with Crippen LogP contribution in [0.15, 0.2) is 16.6 Å². The number of rotatable bonds is 3. The highest BCUT2D eigenvalue weighted by Gasteiger charge is 2.19. The van der Waals surface area contributed by atoms with E-state index in [1.165, 1.54) is 0 Å². The Balaban J connectivity index is 3.27. The molecule has 3 nitrogen and oxygen atoms in total. The molecule has 4 heteroatoms. The zero-order valence-corrected chi connectivity index (χ0v) is 10.2. The third-order valence-corrected chi connectivity index (χ3v) is 3.00. The molecule has 15 heavy (non-hydrogen) atoms. The van der Waals surface area contributed by atoms with Crippen LogP contribution in [-0.4, -0.2) is 16.2 Å². The summed E-state index contributed by atoms with van der Waals surface area (Å²) in [7, 11) is 0. The zero-order valence-electron chi connectivity index (χ0n) is 8.62. The van der Waals surface area contributed by atoms with Gasteiger partial charge in [-0.05, 0) is 40.9 Å². The number of halogens is 1. The summed E-state index contributed by atoms with van der Waals surface area (Å²) in [5.41, 5.74) is 1.46. The lowest BCUT2D eigenvalue weighted by Crippen LogP contribution is -2.08. The Morgan fingerprint density at radius 3 is 2.60 bits per heavy atom. The number of aliphatic carboxylic acids is 1. The molecule has 0 aliphatic carbocycles. The van der Waals surface area contributed by atoms with E-state index in [4.69, 9.17) is 5.11 Å². The molecule has 1 unspecified atom stereocenters. The molecule has 0 radical (unpaired) electrons. The van der Waals surface area contributed by atoms with E-state index in [1.54, 1.807) is 19.1 Å². The molecule has 82 valence electrons. The van der Waals surface area contributed by atoms with E-state index in [0.717, 1.165) is 12.0 Å². The van der Waals surface area contributed by atoms with Crippen molar-refractivity contribution >= 4 is 21.9 Å². The van der Waals surface area contributed by atoms with Crippen molar-refractivity contribution in [3.8, 4) is 5.75 Å². The maximum absolute atomic E-state index is 10.8. The Bertz CT molecular complexity index is 388. The second kappa shape index (κ2) is 4.66. The van der Waals surface area contributed by atoms with E-state index < -0.39 is 11.9 Å². The predicted molar refractivity (Wildman–Crippen MR) is 61.2 cm³/mol. The van der Waals surface area contributed by atoms with Crippen LogP contribution in [0.5, 0.6) is 5.75 Å². The maximum Gasteiger partial charge on any atom is 0.310 e. The van der Waals surface area contributed by atoms with E-state index in [-0.39, 0.29) is 5.75 Å². The highest BCUT2D eigenvalue weighted by molar-refractivity contribution is 9.10. The quantitative estimate of drug-likeness (QED) is 0.890. The van der Waals surface area contributed by atoms with Crippen molar-refractivity contribution in [2.75, 3.05) is 0 Å². The number of carboxylic acid groups (broad SMARTS) is 1.